The molecule has 3 N–H and O–H groups in total. The van der Waals surface area contributed by atoms with Crippen LogP contribution in [-0.4, -0.2) is 38.0 Å². The summed E-state index contributed by atoms with van der Waals surface area (Å²) in [7, 11) is 0. The lowest BCUT2D eigenvalue weighted by molar-refractivity contribution is -0.118. The molecule has 0 saturated carbocycles. The number of carbonyl (C=O) groups is 2. The Kier molecular flexibility index (Phi) is 11.5. The predicted octanol–water partition coefficient (Wildman–Crippen LogP) is 9.47. The van der Waals surface area contributed by atoms with E-state index in [0.29, 0.717) is 22.2 Å². The van der Waals surface area contributed by atoms with Gasteiger partial charge in [0.2, 0.25) is 0 Å². The van der Waals surface area contributed by atoms with E-state index in [2.05, 4.69) is 68.4 Å². The van der Waals surface area contributed by atoms with Crippen molar-refractivity contribution in [1.82, 2.24) is 19.6 Å². The lowest BCUT2D eigenvalue weighted by atomic mass is 9.76. The van der Waals surface area contributed by atoms with Gasteiger partial charge in [0.25, 0.3) is 22.9 Å². The van der Waals surface area contributed by atoms with Crippen LogP contribution >= 0.6 is 34.8 Å². The number of halogens is 3. The van der Waals surface area contributed by atoms with Crippen LogP contribution < -0.4 is 26.5 Å². The van der Waals surface area contributed by atoms with Gasteiger partial charge in [-0.15, -0.1) is 0 Å². The number of fused-ring (bicyclic) bond motifs is 1. The average Bonchev–Trinajstić information content (AvgIpc) is 3.47. The zero-order valence-electron chi connectivity index (χ0n) is 31.7. The van der Waals surface area contributed by atoms with E-state index in [0.717, 1.165) is 27.8 Å². The van der Waals surface area contributed by atoms with Crippen LogP contribution in [0.5, 0.6) is 5.75 Å². The molecule has 6 rings (SSSR count). The number of nitrogens with one attached hydrogen (secondary N) is 3. The van der Waals surface area contributed by atoms with Gasteiger partial charge in [-0.1, -0.05) is 113 Å². The molecule has 0 aliphatic rings. The van der Waals surface area contributed by atoms with Crippen LogP contribution in [0.15, 0.2) is 94.6 Å². The Hall–Kier alpha value is -5.36. The second-order valence-corrected chi connectivity index (χ2v) is 16.0. The molecule has 0 aliphatic heterocycles. The van der Waals surface area contributed by atoms with E-state index in [4.69, 9.17) is 39.5 Å². The quantitative estimate of drug-likeness (QED) is 0.113. The third-order valence-corrected chi connectivity index (χ3v) is 11.0. The average molecular weight is 816 g/mol. The van der Waals surface area contributed by atoms with Gasteiger partial charge in [0.05, 0.1) is 21.6 Å². The first-order chi connectivity index (χ1) is 26.5. The maximum atomic E-state index is 14.1. The molecule has 0 aliphatic carbocycles. The van der Waals surface area contributed by atoms with E-state index in [1.54, 1.807) is 36.4 Å². The number of amides is 2. The Morgan fingerprint density at radius 1 is 0.804 bits per heavy atom. The number of H-pyrrole nitrogens is 1. The first-order valence-electron chi connectivity index (χ1n) is 18.0. The first-order valence-corrected chi connectivity index (χ1v) is 19.1. The number of aromatic amines is 1. The second-order valence-electron chi connectivity index (χ2n) is 14.7. The minimum atomic E-state index is -0.786. The fourth-order valence-corrected chi connectivity index (χ4v) is 7.12. The van der Waals surface area contributed by atoms with E-state index < -0.39 is 22.9 Å². The number of rotatable bonds is 12. The minimum absolute atomic E-state index is 0.0179. The summed E-state index contributed by atoms with van der Waals surface area (Å²) in [5.41, 5.74) is 0.836. The zero-order chi connectivity index (χ0) is 40.5. The smallest absolute Gasteiger partial charge is 0.299 e. The molecule has 0 fully saturated rings. The van der Waals surface area contributed by atoms with Crippen LogP contribution in [0.25, 0.3) is 22.1 Å². The molecule has 2 amide bonds. The van der Waals surface area contributed by atoms with Gasteiger partial charge in [-0.2, -0.15) is 9.78 Å². The van der Waals surface area contributed by atoms with E-state index in [-0.39, 0.29) is 55.3 Å². The van der Waals surface area contributed by atoms with Crippen molar-refractivity contribution in [1.29, 1.82) is 0 Å². The molecule has 0 radical (unpaired) electrons. The van der Waals surface area contributed by atoms with Crippen molar-refractivity contribution in [3.63, 3.8) is 0 Å². The van der Waals surface area contributed by atoms with Crippen LogP contribution in [0.2, 0.25) is 15.1 Å². The monoisotopic (exact) mass is 814 g/mol. The van der Waals surface area contributed by atoms with Crippen LogP contribution in [0.1, 0.15) is 75.9 Å². The number of anilines is 2. The molecule has 4 aromatic carbocycles. The number of nitrogens with zero attached hydrogens (tertiary/aromatic N) is 3. The summed E-state index contributed by atoms with van der Waals surface area (Å²) in [6.07, 6.45) is 3.28. The van der Waals surface area contributed by atoms with Gasteiger partial charge < -0.3 is 15.4 Å². The highest BCUT2D eigenvalue weighted by atomic mass is 35.5. The maximum Gasteiger partial charge on any atom is 0.299 e. The fourth-order valence-electron chi connectivity index (χ4n) is 6.13. The SMILES string of the molecule is CCC(C)(C)c1ccc(OCC(=O)Nc2cccc(C(=O)Nc3[nH]n(-c4c(Cl)cc(Cl)cc4Cl)c(=O)c3-n3ncc4ccccc4c3=O)c2)c(C(C)(C)CC)c1. The van der Waals surface area contributed by atoms with E-state index >= 15 is 0 Å². The van der Waals surface area contributed by atoms with Gasteiger partial charge in [-0.3, -0.25) is 24.3 Å². The van der Waals surface area contributed by atoms with Gasteiger partial charge in [0.15, 0.2) is 18.1 Å². The number of hydrogen-bond donors (Lipinski definition) is 3. The molecule has 0 unspecified atom stereocenters. The maximum absolute atomic E-state index is 14.1. The standard InChI is InChI=1S/C42H41Cl3N6O5/c1-7-41(3,4)26-16-17-33(30(19-26)42(5,6)8-2)56-23-34(52)47-28-14-11-13-24(18-28)38(53)48-37-36(50-39(54)29-15-10-9-12-25(29)22-46-50)40(55)51(49-37)35-31(44)20-27(43)21-32(35)45/h9-22,49H,7-8,23H2,1-6H3,(H,47,52)(H,48,53). The zero-order valence-corrected chi connectivity index (χ0v) is 34.0. The molecule has 6 aromatic rings. The van der Waals surface area contributed by atoms with Crippen LogP contribution in [0, 0.1) is 0 Å². The van der Waals surface area contributed by atoms with Gasteiger partial charge in [-0.05, 0) is 71.7 Å². The third kappa shape index (κ3) is 8.11. The van der Waals surface area contributed by atoms with Crippen molar-refractivity contribution < 1.29 is 14.3 Å². The van der Waals surface area contributed by atoms with E-state index in [1.165, 1.54) is 36.0 Å². The number of carbonyl (C=O) groups excluding carboxylic acids is 2. The lowest BCUT2D eigenvalue weighted by Gasteiger charge is -2.30. The number of benzene rings is 4. The number of hydrogen-bond acceptors (Lipinski definition) is 6. The molecule has 290 valence electrons. The van der Waals surface area contributed by atoms with Crippen molar-refractivity contribution in [2.75, 3.05) is 17.2 Å². The highest BCUT2D eigenvalue weighted by molar-refractivity contribution is 6.40. The molecule has 56 heavy (non-hydrogen) atoms. The minimum Gasteiger partial charge on any atom is -0.483 e. The Morgan fingerprint density at radius 2 is 1.50 bits per heavy atom. The molecule has 11 nitrogen and oxygen atoms in total. The summed E-state index contributed by atoms with van der Waals surface area (Å²) in [5, 5.41) is 13.7. The van der Waals surface area contributed by atoms with Crippen LogP contribution in [0.4, 0.5) is 11.5 Å². The second kappa shape index (κ2) is 16.0. The summed E-state index contributed by atoms with van der Waals surface area (Å²) >= 11 is 19.1. The highest BCUT2D eigenvalue weighted by Gasteiger charge is 2.28. The topological polar surface area (TPSA) is 140 Å². The van der Waals surface area contributed by atoms with Crippen molar-refractivity contribution in [3.05, 3.63) is 138 Å². The molecule has 0 atom stereocenters. The molecule has 0 bridgehead atoms. The molecule has 14 heteroatoms. The lowest BCUT2D eigenvalue weighted by Crippen LogP contribution is -2.28. The van der Waals surface area contributed by atoms with Gasteiger partial charge in [0, 0.05) is 27.2 Å². The molecule has 0 spiro atoms. The Labute approximate surface area is 338 Å². The number of aromatic nitrogens is 4. The Balaban J connectivity index is 1.28. The van der Waals surface area contributed by atoms with Gasteiger partial charge >= 0.3 is 0 Å². The third-order valence-electron chi connectivity index (χ3n) is 10.2. The first kappa shape index (κ1) is 40.3. The van der Waals surface area contributed by atoms with E-state index in [1.807, 2.05) is 12.1 Å². The summed E-state index contributed by atoms with van der Waals surface area (Å²) in [6.45, 7) is 12.7. The van der Waals surface area contributed by atoms with Crippen molar-refractivity contribution >= 4 is 68.9 Å². The molecular weight excluding hydrogens is 775 g/mol. The van der Waals surface area contributed by atoms with E-state index in [9.17, 15) is 19.2 Å². The normalized spacial score (nSPS) is 11.8. The van der Waals surface area contributed by atoms with Crippen LogP contribution in [-0.2, 0) is 15.6 Å². The largest absolute Gasteiger partial charge is 0.483 e. The van der Waals surface area contributed by atoms with Crippen molar-refractivity contribution in [3.8, 4) is 17.1 Å². The summed E-state index contributed by atoms with van der Waals surface area (Å²) in [5.74, 6) is -0.638. The van der Waals surface area contributed by atoms with Crippen molar-refractivity contribution in [2.24, 2.45) is 0 Å². The predicted molar refractivity (Wildman–Crippen MR) is 224 cm³/mol. The van der Waals surface area contributed by atoms with Gasteiger partial charge in [-0.25, -0.2) is 4.68 Å². The Morgan fingerprint density at radius 3 is 2.20 bits per heavy atom. The number of ether oxygens (including phenoxy) is 1. The van der Waals surface area contributed by atoms with Crippen LogP contribution in [0.3, 0.4) is 0 Å². The van der Waals surface area contributed by atoms with Crippen molar-refractivity contribution in [2.45, 2.75) is 65.2 Å². The summed E-state index contributed by atoms with van der Waals surface area (Å²) in [4.78, 5) is 54.7. The summed E-state index contributed by atoms with van der Waals surface area (Å²) < 4.78 is 7.99. The van der Waals surface area contributed by atoms with Gasteiger partial charge in [0.1, 0.15) is 11.4 Å². The summed E-state index contributed by atoms with van der Waals surface area (Å²) in [6, 6.07) is 22.0. The molecule has 2 heterocycles. The molecule has 2 aromatic heterocycles. The molecule has 0 saturated heterocycles. The molecular formula is C42H41Cl3N6O5. The highest BCUT2D eigenvalue weighted by Crippen LogP contribution is 2.38. The Bertz CT molecular complexity index is 2590. The fraction of sp³-hybridized carbons (Fsp3) is 0.262.